The molecule has 0 N–H and O–H groups in total. The van der Waals surface area contributed by atoms with Crippen molar-refractivity contribution >= 4 is 11.4 Å². The van der Waals surface area contributed by atoms with Crippen LogP contribution in [0.5, 0.6) is 0 Å². The van der Waals surface area contributed by atoms with Crippen LogP contribution in [0.2, 0.25) is 0 Å². The van der Waals surface area contributed by atoms with Gasteiger partial charge in [0, 0.05) is 5.92 Å². The van der Waals surface area contributed by atoms with Crippen LogP contribution in [-0.4, -0.2) is 5.78 Å². The Morgan fingerprint density at radius 2 is 1.59 bits per heavy atom. The summed E-state index contributed by atoms with van der Waals surface area (Å²) < 4.78 is 0. The molecule has 0 spiro atoms. The summed E-state index contributed by atoms with van der Waals surface area (Å²) in [5.41, 5.74) is 4.03. The number of rotatable bonds is 8. The van der Waals surface area contributed by atoms with E-state index in [9.17, 15) is 4.79 Å². The second-order valence-corrected chi connectivity index (χ2v) is 8.93. The third-order valence-corrected chi connectivity index (χ3v) is 6.93. The normalized spacial score (nSPS) is 26.1. The number of benzene rings is 1. The fourth-order valence-corrected chi connectivity index (χ4v) is 5.15. The lowest BCUT2D eigenvalue weighted by Gasteiger charge is -2.29. The Morgan fingerprint density at radius 1 is 0.852 bits per heavy atom. The van der Waals surface area contributed by atoms with E-state index in [1.807, 2.05) is 6.08 Å². The Labute approximate surface area is 166 Å². The van der Waals surface area contributed by atoms with Crippen molar-refractivity contribution in [1.29, 1.82) is 0 Å². The van der Waals surface area contributed by atoms with Crippen molar-refractivity contribution in [3.05, 3.63) is 41.5 Å². The van der Waals surface area contributed by atoms with Crippen LogP contribution in [0.3, 0.4) is 0 Å². The monoisotopic (exact) mass is 366 g/mol. The molecular formula is C26H38O. The van der Waals surface area contributed by atoms with Crippen molar-refractivity contribution in [2.75, 3.05) is 0 Å². The Balaban J connectivity index is 1.56. The highest BCUT2D eigenvalue weighted by Gasteiger charge is 2.24. The average Bonchev–Trinajstić information content (AvgIpc) is 2.70. The number of unbranched alkanes of at least 4 members (excludes halogenated alkanes) is 2. The lowest BCUT2D eigenvalue weighted by atomic mass is 9.77. The summed E-state index contributed by atoms with van der Waals surface area (Å²) in [5, 5.41) is 0. The largest absolute Gasteiger partial charge is 0.295 e. The van der Waals surface area contributed by atoms with Gasteiger partial charge in [-0.3, -0.25) is 4.79 Å². The zero-order chi connectivity index (χ0) is 19.1. The molecular weight excluding hydrogens is 328 g/mol. The van der Waals surface area contributed by atoms with Gasteiger partial charge in [-0.2, -0.15) is 0 Å². The molecule has 1 unspecified atom stereocenters. The summed E-state index contributed by atoms with van der Waals surface area (Å²) in [6.45, 7) is 4.53. The first kappa shape index (κ1) is 20.4. The molecule has 0 aromatic heterocycles. The van der Waals surface area contributed by atoms with Gasteiger partial charge < -0.3 is 0 Å². The van der Waals surface area contributed by atoms with Gasteiger partial charge in [0.1, 0.15) is 0 Å². The first-order valence-corrected chi connectivity index (χ1v) is 11.6. The van der Waals surface area contributed by atoms with E-state index in [2.05, 4.69) is 38.1 Å². The highest BCUT2D eigenvalue weighted by Crippen LogP contribution is 2.38. The fraction of sp³-hybridized carbons (Fsp3) is 0.654. The van der Waals surface area contributed by atoms with Gasteiger partial charge in [0.05, 0.1) is 0 Å². The molecule has 1 nitrogen and oxygen atoms in total. The molecule has 0 amide bonds. The Morgan fingerprint density at radius 3 is 2.22 bits per heavy atom. The minimum Gasteiger partial charge on any atom is -0.295 e. The van der Waals surface area contributed by atoms with E-state index in [1.165, 1.54) is 74.5 Å². The average molecular weight is 367 g/mol. The van der Waals surface area contributed by atoms with E-state index in [1.54, 1.807) is 0 Å². The summed E-state index contributed by atoms with van der Waals surface area (Å²) in [6.07, 6.45) is 17.1. The van der Waals surface area contributed by atoms with Gasteiger partial charge in [-0.25, -0.2) is 0 Å². The summed E-state index contributed by atoms with van der Waals surface area (Å²) in [6, 6.07) is 9.20. The topological polar surface area (TPSA) is 17.1 Å². The number of carbonyl (C=O) groups is 1. The zero-order valence-corrected chi connectivity index (χ0v) is 17.5. The number of hydrogen-bond acceptors (Lipinski definition) is 1. The molecule has 27 heavy (non-hydrogen) atoms. The Bertz CT molecular complexity index is 616. The maximum Gasteiger partial charge on any atom is 0.159 e. The van der Waals surface area contributed by atoms with Crippen LogP contribution in [-0.2, 0) is 4.79 Å². The minimum absolute atomic E-state index is 0.276. The van der Waals surface area contributed by atoms with Crippen molar-refractivity contribution < 1.29 is 4.79 Å². The molecule has 0 radical (unpaired) electrons. The SMILES string of the molecule is CCCCCC1CCC(c2ccc(C3CCC(CCC)CC3)cc2)=CC1=O. The summed E-state index contributed by atoms with van der Waals surface area (Å²) in [4.78, 5) is 12.5. The Hall–Kier alpha value is -1.37. The van der Waals surface area contributed by atoms with E-state index < -0.39 is 0 Å². The van der Waals surface area contributed by atoms with E-state index in [4.69, 9.17) is 0 Å². The van der Waals surface area contributed by atoms with Gasteiger partial charge in [0.25, 0.3) is 0 Å². The van der Waals surface area contributed by atoms with Gasteiger partial charge in [-0.1, -0.05) is 70.2 Å². The van der Waals surface area contributed by atoms with Crippen LogP contribution < -0.4 is 0 Å². The molecule has 148 valence electrons. The number of ketones is 1. The highest BCUT2D eigenvalue weighted by molar-refractivity contribution is 5.99. The predicted molar refractivity (Wildman–Crippen MR) is 116 cm³/mol. The molecule has 2 aliphatic rings. The number of allylic oxidation sites excluding steroid dienone is 2. The van der Waals surface area contributed by atoms with Crippen LogP contribution in [0, 0.1) is 11.8 Å². The van der Waals surface area contributed by atoms with Gasteiger partial charge in [-0.05, 0) is 79.6 Å². The predicted octanol–water partition coefficient (Wildman–Crippen LogP) is 7.70. The van der Waals surface area contributed by atoms with Crippen molar-refractivity contribution in [3.8, 4) is 0 Å². The molecule has 0 saturated heterocycles. The third-order valence-electron chi connectivity index (χ3n) is 6.93. The molecule has 1 saturated carbocycles. The van der Waals surface area contributed by atoms with Crippen molar-refractivity contribution in [1.82, 2.24) is 0 Å². The lowest BCUT2D eigenvalue weighted by Crippen LogP contribution is -2.17. The summed E-state index contributed by atoms with van der Waals surface area (Å²) in [5.74, 6) is 2.36. The molecule has 1 aromatic carbocycles. The maximum atomic E-state index is 12.5. The smallest absolute Gasteiger partial charge is 0.159 e. The number of carbonyl (C=O) groups excluding carboxylic acids is 1. The van der Waals surface area contributed by atoms with Gasteiger partial charge >= 0.3 is 0 Å². The quantitative estimate of drug-likeness (QED) is 0.431. The lowest BCUT2D eigenvalue weighted by molar-refractivity contribution is -0.118. The molecule has 0 heterocycles. The molecule has 1 fully saturated rings. The minimum atomic E-state index is 0.276. The molecule has 0 bridgehead atoms. The van der Waals surface area contributed by atoms with Crippen LogP contribution >= 0.6 is 0 Å². The standard InChI is InChI=1S/C26H38O/c1-3-5-6-8-24-17-18-25(19-26(24)27)23-15-13-22(14-16-23)21-11-9-20(7-4-2)10-12-21/h13-16,19-21,24H,3-12,17-18H2,1-2H3. The fourth-order valence-electron chi connectivity index (χ4n) is 5.15. The van der Waals surface area contributed by atoms with Crippen LogP contribution in [0.4, 0.5) is 0 Å². The molecule has 3 rings (SSSR count). The molecule has 1 atom stereocenters. The van der Waals surface area contributed by atoms with Gasteiger partial charge in [-0.15, -0.1) is 0 Å². The first-order valence-electron chi connectivity index (χ1n) is 11.6. The van der Waals surface area contributed by atoms with Gasteiger partial charge in [0.15, 0.2) is 5.78 Å². The highest BCUT2D eigenvalue weighted by atomic mass is 16.1. The van der Waals surface area contributed by atoms with E-state index in [-0.39, 0.29) is 5.92 Å². The third kappa shape index (κ3) is 5.56. The molecule has 0 aliphatic heterocycles. The Kier molecular flexibility index (Phi) is 7.73. The maximum absolute atomic E-state index is 12.5. The van der Waals surface area contributed by atoms with Crippen LogP contribution in [0.25, 0.3) is 5.57 Å². The first-order chi connectivity index (χ1) is 13.2. The van der Waals surface area contributed by atoms with Crippen LogP contribution in [0.1, 0.15) is 108 Å². The van der Waals surface area contributed by atoms with Gasteiger partial charge in [0.2, 0.25) is 0 Å². The van der Waals surface area contributed by atoms with E-state index in [0.717, 1.165) is 31.1 Å². The summed E-state index contributed by atoms with van der Waals surface area (Å²) in [7, 11) is 0. The molecule has 1 heteroatoms. The van der Waals surface area contributed by atoms with Crippen LogP contribution in [0.15, 0.2) is 30.3 Å². The van der Waals surface area contributed by atoms with Crippen molar-refractivity contribution in [3.63, 3.8) is 0 Å². The zero-order valence-electron chi connectivity index (χ0n) is 17.5. The van der Waals surface area contributed by atoms with Crippen molar-refractivity contribution in [2.24, 2.45) is 11.8 Å². The second kappa shape index (κ2) is 10.2. The number of hydrogen-bond donors (Lipinski definition) is 0. The molecule has 2 aliphatic carbocycles. The van der Waals surface area contributed by atoms with E-state index in [0.29, 0.717) is 5.78 Å². The van der Waals surface area contributed by atoms with Crippen molar-refractivity contribution in [2.45, 2.75) is 96.8 Å². The second-order valence-electron chi connectivity index (χ2n) is 8.93. The van der Waals surface area contributed by atoms with E-state index >= 15 is 0 Å². The molecule has 1 aromatic rings. The summed E-state index contributed by atoms with van der Waals surface area (Å²) >= 11 is 0.